The van der Waals surface area contributed by atoms with Crippen molar-refractivity contribution in [2.75, 3.05) is 0 Å². The summed E-state index contributed by atoms with van der Waals surface area (Å²) in [5.74, 6) is -1.58. The molecule has 0 aromatic carbocycles. The van der Waals surface area contributed by atoms with E-state index in [2.05, 4.69) is 26.8 Å². The molecule has 21 heavy (non-hydrogen) atoms. The van der Waals surface area contributed by atoms with Crippen LogP contribution in [0.3, 0.4) is 0 Å². The Hall–Kier alpha value is -1.64. The smallest absolute Gasteiger partial charge is 0.339 e. The molecule has 114 valence electrons. The Balaban J connectivity index is 2.76. The summed E-state index contributed by atoms with van der Waals surface area (Å²) in [5, 5.41) is 9.49. The van der Waals surface area contributed by atoms with Crippen molar-refractivity contribution < 1.29 is 14.7 Å². The van der Waals surface area contributed by atoms with Crippen LogP contribution in [0.2, 0.25) is 0 Å². The van der Waals surface area contributed by atoms with Gasteiger partial charge in [-0.15, -0.1) is 0 Å². The van der Waals surface area contributed by atoms with E-state index < -0.39 is 5.97 Å². The number of aliphatic carboxylic acids is 1. The zero-order valence-electron chi connectivity index (χ0n) is 13.7. The SMILES string of the molecule is CCC1(C)C(C)=C(C(=O)O)C(=O)C2C(C)=C(C)C(C)=CC21. The predicted molar refractivity (Wildman–Crippen MR) is 82.9 cm³/mol. The van der Waals surface area contributed by atoms with Crippen LogP contribution in [0, 0.1) is 17.3 Å². The van der Waals surface area contributed by atoms with Crippen LogP contribution >= 0.6 is 0 Å². The Morgan fingerprint density at radius 2 is 1.86 bits per heavy atom. The van der Waals surface area contributed by atoms with Crippen molar-refractivity contribution in [1.29, 1.82) is 0 Å². The van der Waals surface area contributed by atoms with Crippen molar-refractivity contribution in [1.82, 2.24) is 0 Å². The Bertz CT molecular complexity index is 618. The van der Waals surface area contributed by atoms with Crippen LogP contribution in [0.1, 0.15) is 48.0 Å². The third-order valence-electron chi connectivity index (χ3n) is 5.88. The maximum Gasteiger partial charge on any atom is 0.339 e. The highest BCUT2D eigenvalue weighted by atomic mass is 16.4. The summed E-state index contributed by atoms with van der Waals surface area (Å²) in [5.41, 5.74) is 3.78. The van der Waals surface area contributed by atoms with E-state index in [4.69, 9.17) is 0 Å². The van der Waals surface area contributed by atoms with Gasteiger partial charge in [-0.25, -0.2) is 4.79 Å². The monoisotopic (exact) mass is 288 g/mol. The molecule has 0 aromatic heterocycles. The number of ketones is 1. The van der Waals surface area contributed by atoms with Gasteiger partial charge >= 0.3 is 5.97 Å². The second-order valence-corrected chi connectivity index (χ2v) is 6.60. The van der Waals surface area contributed by atoms with Crippen molar-refractivity contribution in [3.05, 3.63) is 33.9 Å². The van der Waals surface area contributed by atoms with Gasteiger partial charge in [0.1, 0.15) is 5.57 Å². The summed E-state index contributed by atoms with van der Waals surface area (Å²) in [7, 11) is 0. The standard InChI is InChI=1S/C18H24O3/c1-7-18(6)12(5)15(17(20)21)16(19)14-11(4)10(3)9(2)8-13(14)18/h8,13-14H,7H2,1-6H3,(H,20,21). The third kappa shape index (κ3) is 2.02. The molecule has 1 N–H and O–H groups in total. The van der Waals surface area contributed by atoms with E-state index in [-0.39, 0.29) is 28.6 Å². The van der Waals surface area contributed by atoms with E-state index in [9.17, 15) is 14.7 Å². The lowest BCUT2D eigenvalue weighted by Crippen LogP contribution is -2.45. The minimum absolute atomic E-state index is 0.000651. The van der Waals surface area contributed by atoms with Crippen LogP contribution in [0.25, 0.3) is 0 Å². The van der Waals surface area contributed by atoms with Gasteiger partial charge in [0.15, 0.2) is 5.78 Å². The largest absolute Gasteiger partial charge is 0.478 e. The van der Waals surface area contributed by atoms with Gasteiger partial charge in [0.25, 0.3) is 0 Å². The van der Waals surface area contributed by atoms with E-state index in [1.165, 1.54) is 5.57 Å². The number of carboxylic acids is 1. The fourth-order valence-corrected chi connectivity index (χ4v) is 3.86. The number of hydrogen-bond acceptors (Lipinski definition) is 2. The molecule has 2 rings (SSSR count). The zero-order chi connectivity index (χ0) is 16.1. The first-order chi connectivity index (χ1) is 9.66. The number of carbonyl (C=O) groups excluding carboxylic acids is 1. The average molecular weight is 288 g/mol. The van der Waals surface area contributed by atoms with Crippen molar-refractivity contribution in [3.8, 4) is 0 Å². The molecule has 3 atom stereocenters. The van der Waals surface area contributed by atoms with Gasteiger partial charge in [0.05, 0.1) is 5.92 Å². The molecule has 3 heteroatoms. The van der Waals surface area contributed by atoms with Crippen LogP contribution < -0.4 is 0 Å². The maximum atomic E-state index is 12.8. The maximum absolute atomic E-state index is 12.8. The van der Waals surface area contributed by atoms with Crippen LogP contribution in [0.4, 0.5) is 0 Å². The molecule has 0 aromatic rings. The summed E-state index contributed by atoms with van der Waals surface area (Å²) < 4.78 is 0. The van der Waals surface area contributed by atoms with E-state index >= 15 is 0 Å². The molecule has 3 unspecified atom stereocenters. The first-order valence-electron chi connectivity index (χ1n) is 7.51. The van der Waals surface area contributed by atoms with Gasteiger partial charge in [-0.2, -0.15) is 0 Å². The Labute approximate surface area is 126 Å². The molecule has 0 amide bonds. The van der Waals surface area contributed by atoms with Crippen molar-refractivity contribution in [3.63, 3.8) is 0 Å². The Morgan fingerprint density at radius 1 is 1.29 bits per heavy atom. The molecule has 0 bridgehead atoms. The molecule has 0 radical (unpaired) electrons. The summed E-state index contributed by atoms with van der Waals surface area (Å²) >= 11 is 0. The van der Waals surface area contributed by atoms with E-state index in [0.29, 0.717) is 0 Å². The highest BCUT2D eigenvalue weighted by molar-refractivity contribution is 6.20. The van der Waals surface area contributed by atoms with Gasteiger partial charge in [-0.3, -0.25) is 4.79 Å². The van der Waals surface area contributed by atoms with Crippen LogP contribution in [0.15, 0.2) is 33.9 Å². The summed E-state index contributed by atoms with van der Waals surface area (Å²) in [6.45, 7) is 12.0. The highest BCUT2D eigenvalue weighted by Gasteiger charge is 2.51. The van der Waals surface area contributed by atoms with Gasteiger partial charge < -0.3 is 5.11 Å². The van der Waals surface area contributed by atoms with Crippen LogP contribution in [-0.2, 0) is 9.59 Å². The normalized spacial score (nSPS) is 33.0. The fraction of sp³-hybridized carbons (Fsp3) is 0.556. The summed E-state index contributed by atoms with van der Waals surface area (Å²) in [6, 6.07) is 0. The first-order valence-corrected chi connectivity index (χ1v) is 7.51. The Kier molecular flexibility index (Phi) is 3.73. The topological polar surface area (TPSA) is 54.4 Å². The lowest BCUT2D eigenvalue weighted by atomic mass is 9.55. The summed E-state index contributed by atoms with van der Waals surface area (Å²) in [6.07, 6.45) is 3.00. The van der Waals surface area contributed by atoms with Crippen molar-refractivity contribution >= 4 is 11.8 Å². The van der Waals surface area contributed by atoms with Gasteiger partial charge in [-0.1, -0.05) is 31.1 Å². The minimum Gasteiger partial charge on any atom is -0.478 e. The minimum atomic E-state index is -1.09. The number of carboxylic acid groups (broad SMARTS) is 1. The third-order valence-corrected chi connectivity index (χ3v) is 5.88. The second kappa shape index (κ2) is 4.97. The molecule has 2 aliphatic rings. The molecular formula is C18H24O3. The number of carbonyl (C=O) groups is 2. The number of hydrogen-bond donors (Lipinski definition) is 1. The molecule has 0 heterocycles. The van der Waals surface area contributed by atoms with Gasteiger partial charge in [0, 0.05) is 5.92 Å². The number of rotatable bonds is 2. The zero-order valence-corrected chi connectivity index (χ0v) is 13.7. The van der Waals surface area contributed by atoms with Gasteiger partial charge in [0.2, 0.25) is 0 Å². The van der Waals surface area contributed by atoms with Crippen molar-refractivity contribution in [2.45, 2.75) is 48.0 Å². The van der Waals surface area contributed by atoms with Crippen LogP contribution in [0.5, 0.6) is 0 Å². The quantitative estimate of drug-likeness (QED) is 0.784. The predicted octanol–water partition coefficient (Wildman–Crippen LogP) is 3.92. The molecule has 0 saturated carbocycles. The Morgan fingerprint density at radius 3 is 2.33 bits per heavy atom. The molecule has 3 nitrogen and oxygen atoms in total. The fourth-order valence-electron chi connectivity index (χ4n) is 3.86. The molecule has 0 aliphatic heterocycles. The lowest BCUT2D eigenvalue weighted by molar-refractivity contribution is -0.136. The van der Waals surface area contributed by atoms with Crippen LogP contribution in [-0.4, -0.2) is 16.9 Å². The molecule has 2 aliphatic carbocycles. The summed E-state index contributed by atoms with van der Waals surface area (Å²) in [4.78, 5) is 24.4. The second-order valence-electron chi connectivity index (χ2n) is 6.60. The molecule has 0 saturated heterocycles. The van der Waals surface area contributed by atoms with E-state index in [1.54, 1.807) is 0 Å². The molecule has 0 spiro atoms. The van der Waals surface area contributed by atoms with Crippen molar-refractivity contribution in [2.24, 2.45) is 17.3 Å². The molecule has 0 fully saturated rings. The highest BCUT2D eigenvalue weighted by Crippen LogP contribution is 2.53. The van der Waals surface area contributed by atoms with Gasteiger partial charge in [-0.05, 0) is 50.7 Å². The van der Waals surface area contributed by atoms with E-state index in [1.807, 2.05) is 20.8 Å². The number of Topliss-reactive ketones (excluding diaryl/α,β-unsaturated/α-hetero) is 1. The number of fused-ring (bicyclic) bond motifs is 1. The average Bonchev–Trinajstić information content (AvgIpc) is 2.41. The lowest BCUT2D eigenvalue weighted by Gasteiger charge is -2.47. The van der Waals surface area contributed by atoms with E-state index in [0.717, 1.165) is 23.1 Å². The number of allylic oxidation sites excluding steroid dienone is 5. The first kappa shape index (κ1) is 15.7. The molecular weight excluding hydrogens is 264 g/mol.